The third-order valence-corrected chi connectivity index (χ3v) is 4.51. The topological polar surface area (TPSA) is 98.7 Å². The van der Waals surface area contributed by atoms with Gasteiger partial charge in [-0.05, 0) is 54.8 Å². The number of hydrogen-bond acceptors (Lipinski definition) is 3. The van der Waals surface area contributed by atoms with Crippen LogP contribution in [0.2, 0.25) is 0 Å². The first-order valence-electron chi connectivity index (χ1n) is 8.78. The Labute approximate surface area is 157 Å². The second-order valence-electron chi connectivity index (χ2n) is 6.29. The van der Waals surface area contributed by atoms with Crippen molar-refractivity contribution >= 4 is 29.3 Å². The Kier molecular flexibility index (Phi) is 5.40. The van der Waals surface area contributed by atoms with Crippen LogP contribution < -0.4 is 15.5 Å². The van der Waals surface area contributed by atoms with E-state index in [9.17, 15) is 14.4 Å². The molecule has 0 aliphatic carbocycles. The number of aromatic carboxylic acids is 1. The van der Waals surface area contributed by atoms with E-state index in [0.29, 0.717) is 25.1 Å². The SMILES string of the molecule is CCN1C(=O)CCc2cc(NC(=O)NCc3ccc(C(=O)O)cc3)ccc21. The highest BCUT2D eigenvalue weighted by Gasteiger charge is 2.22. The third kappa shape index (κ3) is 4.25. The number of carboxylic acids is 1. The molecule has 0 saturated heterocycles. The average molecular weight is 367 g/mol. The molecule has 3 rings (SSSR count). The van der Waals surface area contributed by atoms with Gasteiger partial charge in [0.1, 0.15) is 0 Å². The van der Waals surface area contributed by atoms with Gasteiger partial charge in [0.05, 0.1) is 5.56 Å². The number of benzene rings is 2. The lowest BCUT2D eigenvalue weighted by molar-refractivity contribution is -0.118. The van der Waals surface area contributed by atoms with Gasteiger partial charge >= 0.3 is 12.0 Å². The zero-order valence-corrected chi connectivity index (χ0v) is 15.0. The number of nitrogens with one attached hydrogen (secondary N) is 2. The Morgan fingerprint density at radius 3 is 2.52 bits per heavy atom. The van der Waals surface area contributed by atoms with E-state index in [4.69, 9.17) is 5.11 Å². The van der Waals surface area contributed by atoms with Gasteiger partial charge in [-0.3, -0.25) is 4.79 Å². The zero-order chi connectivity index (χ0) is 19.4. The fourth-order valence-corrected chi connectivity index (χ4v) is 3.11. The summed E-state index contributed by atoms with van der Waals surface area (Å²) in [6.07, 6.45) is 1.14. The average Bonchev–Trinajstić information content (AvgIpc) is 2.66. The summed E-state index contributed by atoms with van der Waals surface area (Å²) in [4.78, 5) is 36.7. The molecule has 0 atom stereocenters. The Hall–Kier alpha value is -3.35. The van der Waals surface area contributed by atoms with E-state index in [1.807, 2.05) is 19.1 Å². The van der Waals surface area contributed by atoms with Gasteiger partial charge < -0.3 is 20.6 Å². The fourth-order valence-electron chi connectivity index (χ4n) is 3.11. The minimum Gasteiger partial charge on any atom is -0.478 e. The Morgan fingerprint density at radius 1 is 1.11 bits per heavy atom. The Morgan fingerprint density at radius 2 is 1.85 bits per heavy atom. The van der Waals surface area contributed by atoms with Crippen molar-refractivity contribution in [2.24, 2.45) is 0 Å². The largest absolute Gasteiger partial charge is 0.478 e. The maximum absolute atomic E-state index is 12.1. The van der Waals surface area contributed by atoms with Gasteiger partial charge in [0.25, 0.3) is 0 Å². The van der Waals surface area contributed by atoms with Gasteiger partial charge in [-0.15, -0.1) is 0 Å². The van der Waals surface area contributed by atoms with Crippen molar-refractivity contribution in [3.8, 4) is 0 Å². The van der Waals surface area contributed by atoms with Gasteiger partial charge in [-0.2, -0.15) is 0 Å². The van der Waals surface area contributed by atoms with Gasteiger partial charge in [0, 0.05) is 30.9 Å². The van der Waals surface area contributed by atoms with E-state index in [1.165, 1.54) is 12.1 Å². The second-order valence-corrected chi connectivity index (χ2v) is 6.29. The molecule has 2 aromatic rings. The molecule has 0 unspecified atom stereocenters. The number of aryl methyl sites for hydroxylation is 1. The molecule has 7 heteroatoms. The third-order valence-electron chi connectivity index (χ3n) is 4.51. The van der Waals surface area contributed by atoms with Crippen LogP contribution in [0.3, 0.4) is 0 Å². The molecule has 3 amide bonds. The number of anilines is 2. The van der Waals surface area contributed by atoms with Crippen LogP contribution in [0.4, 0.5) is 16.2 Å². The molecule has 1 aliphatic rings. The van der Waals surface area contributed by atoms with Crippen LogP contribution in [0.25, 0.3) is 0 Å². The van der Waals surface area contributed by atoms with Crippen LogP contribution in [0.15, 0.2) is 42.5 Å². The molecular weight excluding hydrogens is 346 g/mol. The monoisotopic (exact) mass is 367 g/mol. The summed E-state index contributed by atoms with van der Waals surface area (Å²) >= 11 is 0. The van der Waals surface area contributed by atoms with Crippen LogP contribution in [0.5, 0.6) is 0 Å². The predicted octanol–water partition coefficient (Wildman–Crippen LogP) is 3.01. The van der Waals surface area contributed by atoms with Gasteiger partial charge in [-0.25, -0.2) is 9.59 Å². The van der Waals surface area contributed by atoms with E-state index in [1.54, 1.807) is 23.1 Å². The fraction of sp³-hybridized carbons (Fsp3) is 0.250. The van der Waals surface area contributed by atoms with Crippen molar-refractivity contribution in [2.75, 3.05) is 16.8 Å². The predicted molar refractivity (Wildman–Crippen MR) is 102 cm³/mol. The van der Waals surface area contributed by atoms with Crippen molar-refractivity contribution < 1.29 is 19.5 Å². The highest BCUT2D eigenvalue weighted by atomic mass is 16.4. The van der Waals surface area contributed by atoms with Crippen molar-refractivity contribution in [3.63, 3.8) is 0 Å². The van der Waals surface area contributed by atoms with Crippen molar-refractivity contribution in [1.82, 2.24) is 5.32 Å². The Balaban J connectivity index is 1.59. The molecule has 0 radical (unpaired) electrons. The number of carbonyl (C=O) groups excluding carboxylic acids is 2. The number of hydrogen-bond donors (Lipinski definition) is 3. The zero-order valence-electron chi connectivity index (χ0n) is 15.0. The van der Waals surface area contributed by atoms with Crippen LogP contribution in [0, 0.1) is 0 Å². The van der Waals surface area contributed by atoms with E-state index in [-0.39, 0.29) is 24.0 Å². The molecule has 0 saturated carbocycles. The summed E-state index contributed by atoms with van der Waals surface area (Å²) in [6.45, 7) is 2.85. The molecular formula is C20H21N3O4. The van der Waals surface area contributed by atoms with Crippen LogP contribution in [-0.4, -0.2) is 29.6 Å². The van der Waals surface area contributed by atoms with Crippen molar-refractivity contribution in [3.05, 3.63) is 59.2 Å². The van der Waals surface area contributed by atoms with E-state index < -0.39 is 5.97 Å². The van der Waals surface area contributed by atoms with Gasteiger partial charge in [-0.1, -0.05) is 12.1 Å². The lowest BCUT2D eigenvalue weighted by Crippen LogP contribution is -2.35. The number of nitrogens with zero attached hydrogens (tertiary/aromatic N) is 1. The number of carbonyl (C=O) groups is 3. The first-order valence-corrected chi connectivity index (χ1v) is 8.78. The summed E-state index contributed by atoms with van der Waals surface area (Å²) in [5.74, 6) is -0.861. The van der Waals surface area contributed by atoms with Crippen molar-refractivity contribution in [2.45, 2.75) is 26.3 Å². The van der Waals surface area contributed by atoms with E-state index in [2.05, 4.69) is 10.6 Å². The normalized spacial score (nSPS) is 13.1. The smallest absolute Gasteiger partial charge is 0.335 e. The maximum Gasteiger partial charge on any atom is 0.335 e. The van der Waals surface area contributed by atoms with Crippen LogP contribution in [0.1, 0.15) is 34.8 Å². The summed E-state index contributed by atoms with van der Waals surface area (Å²) < 4.78 is 0. The quantitative estimate of drug-likeness (QED) is 0.756. The molecule has 0 spiro atoms. The number of fused-ring (bicyclic) bond motifs is 1. The number of amides is 3. The number of rotatable bonds is 5. The van der Waals surface area contributed by atoms with Crippen molar-refractivity contribution in [1.29, 1.82) is 0 Å². The van der Waals surface area contributed by atoms with Crippen LogP contribution in [-0.2, 0) is 17.8 Å². The summed E-state index contributed by atoms with van der Waals surface area (Å²) in [6, 6.07) is 11.5. The van der Waals surface area contributed by atoms with E-state index in [0.717, 1.165) is 16.8 Å². The van der Waals surface area contributed by atoms with Gasteiger partial charge in [0.15, 0.2) is 0 Å². The van der Waals surface area contributed by atoms with Crippen LogP contribution >= 0.6 is 0 Å². The highest BCUT2D eigenvalue weighted by molar-refractivity contribution is 5.97. The van der Waals surface area contributed by atoms with Gasteiger partial charge in [0.2, 0.25) is 5.91 Å². The standard InChI is InChI=1S/C20H21N3O4/c1-2-23-17-9-8-16(11-15(17)7-10-18(23)24)22-20(27)21-12-13-3-5-14(6-4-13)19(25)26/h3-6,8-9,11H,2,7,10,12H2,1H3,(H,25,26)(H2,21,22,27). The maximum atomic E-state index is 12.1. The molecule has 1 heterocycles. The molecule has 3 N–H and O–H groups in total. The highest BCUT2D eigenvalue weighted by Crippen LogP contribution is 2.30. The molecule has 27 heavy (non-hydrogen) atoms. The minimum atomic E-state index is -0.983. The molecule has 0 bridgehead atoms. The van der Waals surface area contributed by atoms with E-state index >= 15 is 0 Å². The number of carboxylic acid groups (broad SMARTS) is 1. The first kappa shape index (κ1) is 18.4. The second kappa shape index (κ2) is 7.90. The molecule has 1 aliphatic heterocycles. The molecule has 7 nitrogen and oxygen atoms in total. The molecule has 0 aromatic heterocycles. The molecule has 2 aromatic carbocycles. The molecule has 140 valence electrons. The minimum absolute atomic E-state index is 0.123. The summed E-state index contributed by atoms with van der Waals surface area (Å²) in [5.41, 5.74) is 3.61. The first-order chi connectivity index (χ1) is 13.0. The number of urea groups is 1. The lowest BCUT2D eigenvalue weighted by atomic mass is 10.0. The summed E-state index contributed by atoms with van der Waals surface area (Å²) in [7, 11) is 0. The lowest BCUT2D eigenvalue weighted by Gasteiger charge is -2.28. The molecule has 0 fully saturated rings. The summed E-state index contributed by atoms with van der Waals surface area (Å²) in [5, 5.41) is 14.4. The Bertz CT molecular complexity index is 877.